The van der Waals surface area contributed by atoms with Crippen LogP contribution in [0.1, 0.15) is 16.7 Å². The van der Waals surface area contributed by atoms with Gasteiger partial charge in [-0.15, -0.1) is 0 Å². The molecule has 3 rings (SSSR count). The predicted octanol–water partition coefficient (Wildman–Crippen LogP) is 6.65. The van der Waals surface area contributed by atoms with Crippen LogP contribution in [0, 0.1) is 18.3 Å². The molecule has 32 heavy (non-hydrogen) atoms. The summed E-state index contributed by atoms with van der Waals surface area (Å²) in [5, 5.41) is 12.3. The maximum atomic E-state index is 12.6. The van der Waals surface area contributed by atoms with E-state index in [9.17, 15) is 10.1 Å². The van der Waals surface area contributed by atoms with Gasteiger partial charge in [-0.05, 0) is 64.3 Å². The van der Waals surface area contributed by atoms with Crippen LogP contribution in [0.3, 0.4) is 0 Å². The zero-order valence-electron chi connectivity index (χ0n) is 17.5. The van der Waals surface area contributed by atoms with Gasteiger partial charge < -0.3 is 14.8 Å². The van der Waals surface area contributed by atoms with E-state index < -0.39 is 5.91 Å². The third-order valence-corrected chi connectivity index (χ3v) is 6.01. The number of para-hydroxylation sites is 1. The Labute approximate surface area is 203 Å². The molecule has 162 valence electrons. The van der Waals surface area contributed by atoms with E-state index in [1.165, 1.54) is 13.2 Å². The number of anilines is 1. The van der Waals surface area contributed by atoms with Gasteiger partial charge in [-0.3, -0.25) is 4.79 Å². The molecule has 7 heteroatoms. The maximum Gasteiger partial charge on any atom is 0.266 e. The monoisotopic (exact) mass is 554 g/mol. The molecule has 0 atom stereocenters. The Kier molecular flexibility index (Phi) is 8.09. The minimum atomic E-state index is -0.480. The highest BCUT2D eigenvalue weighted by Crippen LogP contribution is 2.38. The quantitative estimate of drug-likeness (QED) is 0.261. The van der Waals surface area contributed by atoms with Crippen LogP contribution >= 0.6 is 31.9 Å². The van der Waals surface area contributed by atoms with E-state index >= 15 is 0 Å². The zero-order chi connectivity index (χ0) is 23.1. The lowest BCUT2D eigenvalue weighted by Crippen LogP contribution is -2.14. The van der Waals surface area contributed by atoms with Crippen LogP contribution in [0.4, 0.5) is 5.69 Å². The number of carbonyl (C=O) groups is 1. The van der Waals surface area contributed by atoms with Crippen molar-refractivity contribution < 1.29 is 14.3 Å². The van der Waals surface area contributed by atoms with Crippen LogP contribution in [0.25, 0.3) is 6.08 Å². The molecule has 1 N–H and O–H groups in total. The first-order chi connectivity index (χ1) is 15.4. The molecule has 0 spiro atoms. The van der Waals surface area contributed by atoms with Gasteiger partial charge in [-0.1, -0.05) is 52.3 Å². The number of rotatable bonds is 7. The molecule has 0 unspecified atom stereocenters. The summed E-state index contributed by atoms with van der Waals surface area (Å²) in [6.07, 6.45) is 1.51. The molecule has 0 heterocycles. The maximum absolute atomic E-state index is 12.6. The highest BCUT2D eigenvalue weighted by molar-refractivity contribution is 9.10. The van der Waals surface area contributed by atoms with Crippen LogP contribution in [0.15, 0.2) is 75.2 Å². The Hall–Kier alpha value is -3.08. The molecule has 1 amide bonds. The van der Waals surface area contributed by atoms with Crippen molar-refractivity contribution in [2.75, 3.05) is 12.4 Å². The largest absolute Gasteiger partial charge is 0.493 e. The minimum absolute atomic E-state index is 0.0240. The molecule has 3 aromatic rings. The van der Waals surface area contributed by atoms with Crippen molar-refractivity contribution in [3.63, 3.8) is 0 Å². The summed E-state index contributed by atoms with van der Waals surface area (Å²) in [4.78, 5) is 12.6. The molecular weight excluding hydrogens is 536 g/mol. The number of nitriles is 1. The molecule has 0 aliphatic heterocycles. The SMILES string of the molecule is COc1cc(/C=C(\C#N)C(=O)Nc2ccccc2C)cc(Br)c1OCc1ccccc1Br. The number of amides is 1. The number of halogens is 2. The number of ether oxygens (including phenoxy) is 2. The van der Waals surface area contributed by atoms with E-state index in [1.54, 1.807) is 18.2 Å². The minimum Gasteiger partial charge on any atom is -0.493 e. The highest BCUT2D eigenvalue weighted by Gasteiger charge is 2.15. The second-order valence-electron chi connectivity index (χ2n) is 6.85. The van der Waals surface area contributed by atoms with Crippen molar-refractivity contribution in [2.24, 2.45) is 0 Å². The summed E-state index contributed by atoms with van der Waals surface area (Å²) in [5.74, 6) is 0.531. The second-order valence-corrected chi connectivity index (χ2v) is 8.56. The van der Waals surface area contributed by atoms with Crippen molar-refractivity contribution in [2.45, 2.75) is 13.5 Å². The van der Waals surface area contributed by atoms with E-state index in [0.29, 0.717) is 33.8 Å². The fourth-order valence-corrected chi connectivity index (χ4v) is 3.92. The van der Waals surface area contributed by atoms with Crippen LogP contribution in [0.5, 0.6) is 11.5 Å². The average Bonchev–Trinajstić information content (AvgIpc) is 2.78. The molecule has 0 saturated carbocycles. The van der Waals surface area contributed by atoms with Crippen LogP contribution < -0.4 is 14.8 Å². The van der Waals surface area contributed by atoms with Gasteiger partial charge >= 0.3 is 0 Å². The van der Waals surface area contributed by atoms with E-state index in [0.717, 1.165) is 15.6 Å². The van der Waals surface area contributed by atoms with Gasteiger partial charge in [0.1, 0.15) is 18.2 Å². The third kappa shape index (κ3) is 5.78. The molecular formula is C25H20Br2N2O3. The molecule has 0 bridgehead atoms. The lowest BCUT2D eigenvalue weighted by Gasteiger charge is -2.14. The molecule has 0 aromatic heterocycles. The van der Waals surface area contributed by atoms with Crippen molar-refractivity contribution in [3.05, 3.63) is 91.9 Å². The summed E-state index contributed by atoms with van der Waals surface area (Å²) >= 11 is 7.03. The first-order valence-electron chi connectivity index (χ1n) is 9.65. The van der Waals surface area contributed by atoms with E-state index in [1.807, 2.05) is 55.5 Å². The summed E-state index contributed by atoms with van der Waals surface area (Å²) in [6.45, 7) is 2.23. The zero-order valence-corrected chi connectivity index (χ0v) is 20.7. The highest BCUT2D eigenvalue weighted by atomic mass is 79.9. The molecule has 0 fully saturated rings. The number of hydrogen-bond donors (Lipinski definition) is 1. The lowest BCUT2D eigenvalue weighted by molar-refractivity contribution is -0.112. The van der Waals surface area contributed by atoms with Gasteiger partial charge in [-0.25, -0.2) is 0 Å². The number of methoxy groups -OCH3 is 1. The van der Waals surface area contributed by atoms with Gasteiger partial charge in [0, 0.05) is 15.7 Å². The first-order valence-corrected chi connectivity index (χ1v) is 11.2. The Bertz CT molecular complexity index is 1220. The van der Waals surface area contributed by atoms with Crippen molar-refractivity contribution in [1.29, 1.82) is 5.26 Å². The van der Waals surface area contributed by atoms with E-state index in [4.69, 9.17) is 9.47 Å². The number of hydrogen-bond acceptors (Lipinski definition) is 4. The van der Waals surface area contributed by atoms with E-state index in [-0.39, 0.29) is 5.57 Å². The number of carbonyl (C=O) groups excluding carboxylic acids is 1. The Balaban J connectivity index is 1.84. The smallest absolute Gasteiger partial charge is 0.266 e. The summed E-state index contributed by atoms with van der Waals surface area (Å²) < 4.78 is 13.1. The van der Waals surface area contributed by atoms with Crippen molar-refractivity contribution in [3.8, 4) is 17.6 Å². The number of benzene rings is 3. The van der Waals surface area contributed by atoms with Crippen molar-refractivity contribution >= 4 is 49.5 Å². The number of nitrogens with zero attached hydrogens (tertiary/aromatic N) is 1. The molecule has 5 nitrogen and oxygen atoms in total. The standard InChI is InChI=1S/C25H20Br2N2O3/c1-16-7-3-6-10-22(16)29-25(30)19(14-28)11-17-12-21(27)24(23(13-17)31-2)32-15-18-8-4-5-9-20(18)26/h3-13H,15H2,1-2H3,(H,29,30)/b19-11+. The van der Waals surface area contributed by atoms with Gasteiger partial charge in [0.2, 0.25) is 0 Å². The topological polar surface area (TPSA) is 71.3 Å². The molecule has 0 aliphatic rings. The van der Waals surface area contributed by atoms with Crippen LogP contribution in [-0.4, -0.2) is 13.0 Å². The summed E-state index contributed by atoms with van der Waals surface area (Å²) in [5.41, 5.74) is 3.16. The normalized spacial score (nSPS) is 10.9. The third-order valence-electron chi connectivity index (χ3n) is 4.65. The molecule has 0 radical (unpaired) electrons. The van der Waals surface area contributed by atoms with Gasteiger partial charge in [-0.2, -0.15) is 5.26 Å². The molecule has 0 aliphatic carbocycles. The fraction of sp³-hybridized carbons (Fsp3) is 0.120. The fourth-order valence-electron chi connectivity index (χ4n) is 2.95. The Morgan fingerprint density at radius 1 is 1.09 bits per heavy atom. The Morgan fingerprint density at radius 3 is 2.50 bits per heavy atom. The first kappa shape index (κ1) is 23.6. The number of aryl methyl sites for hydroxylation is 1. The summed E-state index contributed by atoms with van der Waals surface area (Å²) in [6, 6.07) is 20.6. The lowest BCUT2D eigenvalue weighted by atomic mass is 10.1. The summed E-state index contributed by atoms with van der Waals surface area (Å²) in [7, 11) is 1.54. The van der Waals surface area contributed by atoms with Crippen LogP contribution in [0.2, 0.25) is 0 Å². The van der Waals surface area contributed by atoms with Crippen molar-refractivity contribution in [1.82, 2.24) is 0 Å². The predicted molar refractivity (Wildman–Crippen MR) is 133 cm³/mol. The van der Waals surface area contributed by atoms with Gasteiger partial charge in [0.05, 0.1) is 11.6 Å². The molecule has 3 aromatic carbocycles. The Morgan fingerprint density at radius 2 is 1.81 bits per heavy atom. The number of nitrogens with one attached hydrogen (secondary N) is 1. The van der Waals surface area contributed by atoms with E-state index in [2.05, 4.69) is 37.2 Å². The van der Waals surface area contributed by atoms with Gasteiger partial charge in [0.25, 0.3) is 5.91 Å². The van der Waals surface area contributed by atoms with Gasteiger partial charge in [0.15, 0.2) is 11.5 Å². The van der Waals surface area contributed by atoms with Crippen LogP contribution in [-0.2, 0) is 11.4 Å². The molecule has 0 saturated heterocycles. The average molecular weight is 556 g/mol. The second kappa shape index (κ2) is 11.0.